The number of guanidine groups is 1. The molecule has 0 aliphatic carbocycles. The Morgan fingerprint density at radius 1 is 1.31 bits per heavy atom. The van der Waals surface area contributed by atoms with E-state index in [9.17, 15) is 0 Å². The number of para-hydroxylation sites is 1. The van der Waals surface area contributed by atoms with E-state index in [0.29, 0.717) is 35.7 Å². The van der Waals surface area contributed by atoms with E-state index in [4.69, 9.17) is 20.8 Å². The van der Waals surface area contributed by atoms with E-state index in [0.717, 1.165) is 18.0 Å². The summed E-state index contributed by atoms with van der Waals surface area (Å²) in [7, 11) is 0. The second-order valence-electron chi connectivity index (χ2n) is 5.68. The lowest BCUT2D eigenvalue weighted by Crippen LogP contribution is -2.41. The lowest BCUT2D eigenvalue weighted by Gasteiger charge is -2.18. The van der Waals surface area contributed by atoms with Crippen molar-refractivity contribution >= 4 is 41.5 Å². The Balaban J connectivity index is 0.00000338. The fraction of sp³-hybridized carbons (Fsp3) is 0.444. The largest absolute Gasteiger partial charge is 0.487 e. The highest BCUT2D eigenvalue weighted by molar-refractivity contribution is 14.0. The van der Waals surface area contributed by atoms with Crippen LogP contribution in [0.1, 0.15) is 31.2 Å². The van der Waals surface area contributed by atoms with Crippen LogP contribution in [-0.2, 0) is 6.54 Å². The van der Waals surface area contributed by atoms with Gasteiger partial charge in [0.15, 0.2) is 5.96 Å². The number of hydrogen-bond acceptors (Lipinski definition) is 4. The third kappa shape index (κ3) is 7.03. The van der Waals surface area contributed by atoms with Gasteiger partial charge < -0.3 is 19.8 Å². The Bertz CT molecular complexity index is 701. The van der Waals surface area contributed by atoms with Gasteiger partial charge in [-0.1, -0.05) is 23.7 Å². The molecule has 0 amide bonds. The number of hydrogen-bond donors (Lipinski definition) is 2. The van der Waals surface area contributed by atoms with E-state index in [-0.39, 0.29) is 30.1 Å². The van der Waals surface area contributed by atoms with Gasteiger partial charge in [-0.05, 0) is 39.8 Å². The van der Waals surface area contributed by atoms with Gasteiger partial charge in [-0.25, -0.2) is 9.98 Å². The molecule has 26 heavy (non-hydrogen) atoms. The van der Waals surface area contributed by atoms with Crippen molar-refractivity contribution in [2.24, 2.45) is 4.99 Å². The van der Waals surface area contributed by atoms with Crippen LogP contribution in [0.2, 0.25) is 5.02 Å². The highest BCUT2D eigenvalue weighted by Gasteiger charge is 2.09. The molecule has 1 atom stereocenters. The third-order valence-electron chi connectivity index (χ3n) is 3.51. The molecule has 1 heterocycles. The van der Waals surface area contributed by atoms with Crippen LogP contribution in [0.5, 0.6) is 5.75 Å². The Morgan fingerprint density at radius 3 is 2.65 bits per heavy atom. The van der Waals surface area contributed by atoms with E-state index in [1.807, 2.05) is 52.0 Å². The molecule has 144 valence electrons. The molecule has 6 nitrogen and oxygen atoms in total. The minimum atomic E-state index is -0.0741. The van der Waals surface area contributed by atoms with E-state index in [2.05, 4.69) is 20.6 Å². The molecule has 2 aromatic rings. The van der Waals surface area contributed by atoms with Gasteiger partial charge in [-0.2, -0.15) is 0 Å². The van der Waals surface area contributed by atoms with Gasteiger partial charge >= 0.3 is 0 Å². The number of nitrogens with zero attached hydrogens (tertiary/aromatic N) is 2. The van der Waals surface area contributed by atoms with Crippen LogP contribution in [0.4, 0.5) is 0 Å². The number of oxazole rings is 1. The first kappa shape index (κ1) is 22.6. The quantitative estimate of drug-likeness (QED) is 0.346. The summed E-state index contributed by atoms with van der Waals surface area (Å²) < 4.78 is 11.4. The predicted octanol–water partition coefficient (Wildman–Crippen LogP) is 4.09. The van der Waals surface area contributed by atoms with E-state index in [1.165, 1.54) is 0 Å². The Hall–Kier alpha value is -1.48. The maximum atomic E-state index is 6.11. The van der Waals surface area contributed by atoms with Crippen LogP contribution >= 0.6 is 35.6 Å². The highest BCUT2D eigenvalue weighted by Crippen LogP contribution is 2.23. The first-order chi connectivity index (χ1) is 12.0. The molecule has 0 spiro atoms. The fourth-order valence-corrected chi connectivity index (χ4v) is 2.31. The lowest BCUT2D eigenvalue weighted by atomic mass is 10.3. The second kappa shape index (κ2) is 11.3. The summed E-state index contributed by atoms with van der Waals surface area (Å²) in [5.74, 6) is 2.79. The van der Waals surface area contributed by atoms with Gasteiger partial charge in [0.05, 0.1) is 17.3 Å². The zero-order chi connectivity index (χ0) is 18.2. The molecule has 0 saturated heterocycles. The van der Waals surface area contributed by atoms with Crippen molar-refractivity contribution in [1.82, 2.24) is 15.6 Å². The molecule has 2 rings (SSSR count). The SMILES string of the molecule is CCNC(=NCc1nc(C)c(C)o1)NCC(C)Oc1ccccc1Cl.I. The number of halogens is 2. The topological polar surface area (TPSA) is 71.7 Å². The van der Waals surface area contributed by atoms with Crippen molar-refractivity contribution in [3.8, 4) is 5.75 Å². The van der Waals surface area contributed by atoms with Gasteiger partial charge in [-0.15, -0.1) is 24.0 Å². The second-order valence-corrected chi connectivity index (χ2v) is 6.09. The molecular formula is C18H26ClIN4O2. The minimum Gasteiger partial charge on any atom is -0.487 e. The number of benzene rings is 1. The minimum absolute atomic E-state index is 0. The zero-order valence-electron chi connectivity index (χ0n) is 15.5. The summed E-state index contributed by atoms with van der Waals surface area (Å²) in [6, 6.07) is 7.43. The first-order valence-corrected chi connectivity index (χ1v) is 8.73. The van der Waals surface area contributed by atoms with Crippen LogP contribution < -0.4 is 15.4 Å². The van der Waals surface area contributed by atoms with Crippen LogP contribution in [0.25, 0.3) is 0 Å². The van der Waals surface area contributed by atoms with Gasteiger partial charge in [0.2, 0.25) is 5.89 Å². The molecule has 1 aromatic carbocycles. The molecule has 1 aromatic heterocycles. The standard InChI is InChI=1S/C18H25ClN4O2.HI/c1-5-20-18(22-11-17-23-13(3)14(4)25-17)21-10-12(2)24-16-9-7-6-8-15(16)19;/h6-9,12H,5,10-11H2,1-4H3,(H2,20,21,22);1H. The average molecular weight is 493 g/mol. The summed E-state index contributed by atoms with van der Waals surface area (Å²) in [4.78, 5) is 8.83. The average Bonchev–Trinajstić information content (AvgIpc) is 2.90. The van der Waals surface area contributed by atoms with Crippen molar-refractivity contribution in [3.63, 3.8) is 0 Å². The van der Waals surface area contributed by atoms with Crippen LogP contribution in [0.3, 0.4) is 0 Å². The van der Waals surface area contributed by atoms with Crippen LogP contribution in [-0.4, -0.2) is 30.1 Å². The maximum absolute atomic E-state index is 6.11. The monoisotopic (exact) mass is 492 g/mol. The van der Waals surface area contributed by atoms with Crippen molar-refractivity contribution in [2.75, 3.05) is 13.1 Å². The molecule has 0 fully saturated rings. The normalized spacial score (nSPS) is 12.3. The number of ether oxygens (including phenoxy) is 1. The Kier molecular flexibility index (Phi) is 9.79. The highest BCUT2D eigenvalue weighted by atomic mass is 127. The number of aliphatic imine (C=N–C) groups is 1. The Morgan fingerprint density at radius 2 is 2.04 bits per heavy atom. The number of aryl methyl sites for hydroxylation is 2. The van der Waals surface area contributed by atoms with E-state index in [1.54, 1.807) is 0 Å². The molecule has 0 aliphatic rings. The summed E-state index contributed by atoms with van der Waals surface area (Å²) >= 11 is 6.11. The number of rotatable bonds is 7. The smallest absolute Gasteiger partial charge is 0.216 e. The molecule has 0 bridgehead atoms. The van der Waals surface area contributed by atoms with Gasteiger partial charge in [0.1, 0.15) is 24.2 Å². The van der Waals surface area contributed by atoms with Crippen molar-refractivity contribution < 1.29 is 9.15 Å². The third-order valence-corrected chi connectivity index (χ3v) is 3.82. The summed E-state index contributed by atoms with van der Waals surface area (Å²) in [5, 5.41) is 7.05. The molecular weight excluding hydrogens is 467 g/mol. The number of nitrogens with one attached hydrogen (secondary N) is 2. The van der Waals surface area contributed by atoms with Gasteiger partial charge in [0.25, 0.3) is 0 Å². The van der Waals surface area contributed by atoms with Crippen LogP contribution in [0, 0.1) is 13.8 Å². The van der Waals surface area contributed by atoms with Gasteiger partial charge in [-0.3, -0.25) is 0 Å². The summed E-state index contributed by atoms with van der Waals surface area (Å²) in [6.07, 6.45) is -0.0741. The molecule has 0 saturated carbocycles. The maximum Gasteiger partial charge on any atom is 0.216 e. The predicted molar refractivity (Wildman–Crippen MR) is 116 cm³/mol. The van der Waals surface area contributed by atoms with Crippen molar-refractivity contribution in [1.29, 1.82) is 0 Å². The molecule has 2 N–H and O–H groups in total. The lowest BCUT2D eigenvalue weighted by molar-refractivity contribution is 0.224. The first-order valence-electron chi connectivity index (χ1n) is 8.35. The van der Waals surface area contributed by atoms with Crippen LogP contribution in [0.15, 0.2) is 33.7 Å². The zero-order valence-corrected chi connectivity index (χ0v) is 18.6. The molecule has 0 aliphatic heterocycles. The molecule has 1 unspecified atom stereocenters. The molecule has 8 heteroatoms. The molecule has 0 radical (unpaired) electrons. The fourth-order valence-electron chi connectivity index (χ4n) is 2.13. The van der Waals surface area contributed by atoms with E-state index >= 15 is 0 Å². The van der Waals surface area contributed by atoms with Crippen molar-refractivity contribution in [3.05, 3.63) is 46.6 Å². The summed E-state index contributed by atoms with van der Waals surface area (Å²) in [6.45, 7) is 9.52. The van der Waals surface area contributed by atoms with E-state index < -0.39 is 0 Å². The summed E-state index contributed by atoms with van der Waals surface area (Å²) in [5.41, 5.74) is 0.893. The van der Waals surface area contributed by atoms with Crippen molar-refractivity contribution in [2.45, 2.75) is 40.3 Å². The Labute approximate surface area is 176 Å². The number of aromatic nitrogens is 1. The van der Waals surface area contributed by atoms with Gasteiger partial charge in [0, 0.05) is 6.54 Å².